The number of para-hydroxylation sites is 1. The van der Waals surface area contributed by atoms with Crippen molar-refractivity contribution in [1.82, 2.24) is 0 Å². The molecule has 0 saturated heterocycles. The van der Waals surface area contributed by atoms with E-state index in [2.05, 4.69) is 6.07 Å². The van der Waals surface area contributed by atoms with Crippen LogP contribution in [0.1, 0.15) is 29.2 Å². The molecule has 0 radical (unpaired) electrons. The van der Waals surface area contributed by atoms with Crippen molar-refractivity contribution in [3.63, 3.8) is 0 Å². The first-order valence-electron chi connectivity index (χ1n) is 7.48. The van der Waals surface area contributed by atoms with E-state index in [4.69, 9.17) is 9.47 Å². The van der Waals surface area contributed by atoms with Gasteiger partial charge in [-0.15, -0.1) is 0 Å². The van der Waals surface area contributed by atoms with E-state index in [1.54, 1.807) is 0 Å². The summed E-state index contributed by atoms with van der Waals surface area (Å²) < 4.78 is 11.9. The van der Waals surface area contributed by atoms with E-state index in [-0.39, 0.29) is 12.2 Å². The van der Waals surface area contributed by atoms with Gasteiger partial charge in [0.15, 0.2) is 0 Å². The lowest BCUT2D eigenvalue weighted by Gasteiger charge is -2.15. The zero-order chi connectivity index (χ0) is 14.2. The van der Waals surface area contributed by atoms with E-state index >= 15 is 0 Å². The summed E-state index contributed by atoms with van der Waals surface area (Å²) in [5.74, 6) is 1.86. The lowest BCUT2D eigenvalue weighted by molar-refractivity contribution is 0.148. The van der Waals surface area contributed by atoms with E-state index in [1.165, 1.54) is 5.56 Å². The average molecular weight is 282 g/mol. The Morgan fingerprint density at radius 2 is 2.05 bits per heavy atom. The second-order valence-electron chi connectivity index (χ2n) is 5.74. The quantitative estimate of drug-likeness (QED) is 0.940. The number of aliphatic hydroxyl groups is 1. The molecular weight excluding hydrogens is 264 g/mol. The number of benzene rings is 2. The van der Waals surface area contributed by atoms with Crippen molar-refractivity contribution in [3.05, 3.63) is 59.2 Å². The predicted molar refractivity (Wildman–Crippen MR) is 79.8 cm³/mol. The number of ether oxygens (including phenoxy) is 2. The van der Waals surface area contributed by atoms with Gasteiger partial charge in [-0.2, -0.15) is 0 Å². The Bertz CT molecular complexity index is 640. The van der Waals surface area contributed by atoms with Crippen LogP contribution in [0.5, 0.6) is 11.5 Å². The van der Waals surface area contributed by atoms with Crippen LogP contribution in [0.25, 0.3) is 0 Å². The normalized spacial score (nSPS) is 22.5. The summed E-state index contributed by atoms with van der Waals surface area (Å²) in [7, 11) is 0. The number of hydrogen-bond donors (Lipinski definition) is 1. The first kappa shape index (κ1) is 12.7. The molecule has 0 saturated carbocycles. The Labute approximate surface area is 124 Å². The van der Waals surface area contributed by atoms with Crippen LogP contribution in [-0.2, 0) is 12.8 Å². The van der Waals surface area contributed by atoms with Gasteiger partial charge in [-0.1, -0.05) is 30.3 Å². The summed E-state index contributed by atoms with van der Waals surface area (Å²) in [6.07, 6.45) is 2.31. The zero-order valence-electron chi connectivity index (χ0n) is 11.8. The van der Waals surface area contributed by atoms with Crippen LogP contribution in [0.3, 0.4) is 0 Å². The molecule has 0 bridgehead atoms. The molecule has 3 nitrogen and oxygen atoms in total. The molecule has 2 unspecified atom stereocenters. The number of aliphatic hydroxyl groups excluding tert-OH is 1. The Morgan fingerprint density at radius 3 is 2.95 bits per heavy atom. The van der Waals surface area contributed by atoms with Gasteiger partial charge in [0.25, 0.3) is 0 Å². The molecule has 21 heavy (non-hydrogen) atoms. The summed E-state index contributed by atoms with van der Waals surface area (Å²) >= 11 is 0. The van der Waals surface area contributed by atoms with E-state index in [9.17, 15) is 5.11 Å². The molecule has 1 aliphatic carbocycles. The molecule has 0 amide bonds. The number of rotatable bonds is 3. The molecule has 1 aliphatic heterocycles. The molecule has 0 spiro atoms. The van der Waals surface area contributed by atoms with E-state index < -0.39 is 0 Å². The van der Waals surface area contributed by atoms with Crippen LogP contribution in [-0.4, -0.2) is 17.8 Å². The van der Waals surface area contributed by atoms with Crippen molar-refractivity contribution in [2.24, 2.45) is 0 Å². The fourth-order valence-corrected chi connectivity index (χ4v) is 3.26. The third kappa shape index (κ3) is 2.28. The highest BCUT2D eigenvalue weighted by molar-refractivity contribution is 5.44. The van der Waals surface area contributed by atoms with E-state index in [0.29, 0.717) is 6.61 Å². The summed E-state index contributed by atoms with van der Waals surface area (Å²) in [4.78, 5) is 0. The Morgan fingerprint density at radius 1 is 1.14 bits per heavy atom. The first-order valence-corrected chi connectivity index (χ1v) is 7.48. The van der Waals surface area contributed by atoms with Crippen molar-refractivity contribution in [2.75, 3.05) is 6.61 Å². The minimum absolute atomic E-state index is 0.0737. The Kier molecular flexibility index (Phi) is 3.08. The van der Waals surface area contributed by atoms with E-state index in [0.717, 1.165) is 41.9 Å². The third-order valence-electron chi connectivity index (χ3n) is 4.33. The van der Waals surface area contributed by atoms with Gasteiger partial charge >= 0.3 is 0 Å². The smallest absolute Gasteiger partial charge is 0.137 e. The molecule has 1 heterocycles. The summed E-state index contributed by atoms with van der Waals surface area (Å²) in [6, 6.07) is 14.1. The maximum Gasteiger partial charge on any atom is 0.137 e. The molecule has 2 aliphatic rings. The highest BCUT2D eigenvalue weighted by Gasteiger charge is 2.26. The zero-order valence-corrected chi connectivity index (χ0v) is 11.8. The van der Waals surface area contributed by atoms with Crippen molar-refractivity contribution in [2.45, 2.75) is 31.5 Å². The molecule has 2 aromatic carbocycles. The topological polar surface area (TPSA) is 38.7 Å². The van der Waals surface area contributed by atoms with Gasteiger partial charge in [0.1, 0.15) is 24.2 Å². The molecule has 4 rings (SSSR count). The molecule has 0 aromatic heterocycles. The summed E-state index contributed by atoms with van der Waals surface area (Å²) in [5.41, 5.74) is 3.42. The SMILES string of the molecule is OC1CCc2c(OCC3Cc4ccccc4O3)cccc21. The van der Waals surface area contributed by atoms with Crippen LogP contribution in [0.4, 0.5) is 0 Å². The molecule has 2 atom stereocenters. The minimum Gasteiger partial charge on any atom is -0.489 e. The minimum atomic E-state index is -0.337. The maximum atomic E-state index is 9.92. The standard InChI is InChI=1S/C18H18O3/c19-16-9-8-15-14(16)5-3-7-18(15)20-11-13-10-12-4-1-2-6-17(12)21-13/h1-7,13,16,19H,8-11H2. The lowest BCUT2D eigenvalue weighted by Crippen LogP contribution is -2.22. The van der Waals surface area contributed by atoms with Crippen molar-refractivity contribution < 1.29 is 14.6 Å². The fourth-order valence-electron chi connectivity index (χ4n) is 3.26. The summed E-state index contributed by atoms with van der Waals surface area (Å²) in [5, 5.41) is 9.92. The Balaban J connectivity index is 1.45. The van der Waals surface area contributed by atoms with Crippen LogP contribution in [0, 0.1) is 0 Å². The van der Waals surface area contributed by atoms with Gasteiger partial charge in [-0.3, -0.25) is 0 Å². The van der Waals surface area contributed by atoms with Gasteiger partial charge in [0, 0.05) is 12.0 Å². The van der Waals surface area contributed by atoms with Crippen molar-refractivity contribution in [3.8, 4) is 11.5 Å². The first-order chi connectivity index (χ1) is 10.3. The number of fused-ring (bicyclic) bond motifs is 2. The lowest BCUT2D eigenvalue weighted by atomic mass is 10.1. The van der Waals surface area contributed by atoms with Crippen LogP contribution >= 0.6 is 0 Å². The molecule has 3 heteroatoms. The summed E-state index contributed by atoms with van der Waals surface area (Å²) in [6.45, 7) is 0.543. The van der Waals surface area contributed by atoms with Crippen LogP contribution < -0.4 is 9.47 Å². The van der Waals surface area contributed by atoms with Gasteiger partial charge in [0.05, 0.1) is 6.10 Å². The van der Waals surface area contributed by atoms with Gasteiger partial charge < -0.3 is 14.6 Å². The van der Waals surface area contributed by atoms with Crippen molar-refractivity contribution >= 4 is 0 Å². The predicted octanol–water partition coefficient (Wildman–Crippen LogP) is 3.05. The monoisotopic (exact) mass is 282 g/mol. The molecule has 1 N–H and O–H groups in total. The maximum absolute atomic E-state index is 9.92. The highest BCUT2D eigenvalue weighted by atomic mass is 16.5. The van der Waals surface area contributed by atoms with Gasteiger partial charge in [0.2, 0.25) is 0 Å². The fraction of sp³-hybridized carbons (Fsp3) is 0.333. The van der Waals surface area contributed by atoms with Crippen LogP contribution in [0.2, 0.25) is 0 Å². The molecule has 2 aromatic rings. The molecular formula is C18H18O3. The second kappa shape index (κ2) is 5.08. The average Bonchev–Trinajstić information content (AvgIpc) is 3.09. The largest absolute Gasteiger partial charge is 0.489 e. The molecule has 0 fully saturated rings. The van der Waals surface area contributed by atoms with Crippen LogP contribution in [0.15, 0.2) is 42.5 Å². The van der Waals surface area contributed by atoms with E-state index in [1.807, 2.05) is 36.4 Å². The van der Waals surface area contributed by atoms with Gasteiger partial charge in [-0.25, -0.2) is 0 Å². The van der Waals surface area contributed by atoms with Gasteiger partial charge in [-0.05, 0) is 36.1 Å². The second-order valence-corrected chi connectivity index (χ2v) is 5.74. The number of hydrogen-bond acceptors (Lipinski definition) is 3. The Hall–Kier alpha value is -2.00. The molecule has 108 valence electrons. The highest BCUT2D eigenvalue weighted by Crippen LogP contribution is 2.37. The third-order valence-corrected chi connectivity index (χ3v) is 4.33. The van der Waals surface area contributed by atoms with Crippen molar-refractivity contribution in [1.29, 1.82) is 0 Å².